The van der Waals surface area contributed by atoms with E-state index < -0.39 is 0 Å². The summed E-state index contributed by atoms with van der Waals surface area (Å²) in [5.74, 6) is 0.772. The molecule has 152 valence electrons. The number of carbonyl (C=O) groups is 1. The van der Waals surface area contributed by atoms with Gasteiger partial charge in [0.2, 0.25) is 5.91 Å². The topological polar surface area (TPSA) is 63.7 Å². The normalized spacial score (nSPS) is 18.1. The summed E-state index contributed by atoms with van der Waals surface area (Å²) in [5.41, 5.74) is 1.88. The molecule has 1 amide bonds. The summed E-state index contributed by atoms with van der Waals surface area (Å²) < 4.78 is 11.3. The van der Waals surface area contributed by atoms with Crippen LogP contribution in [0.25, 0.3) is 0 Å². The van der Waals surface area contributed by atoms with Crippen molar-refractivity contribution in [2.24, 2.45) is 0 Å². The van der Waals surface area contributed by atoms with E-state index in [4.69, 9.17) is 14.5 Å². The molecule has 6 nitrogen and oxygen atoms in total. The van der Waals surface area contributed by atoms with E-state index in [0.717, 1.165) is 28.7 Å². The summed E-state index contributed by atoms with van der Waals surface area (Å²) in [4.78, 5) is 19.3. The molecule has 1 atom stereocenters. The molecule has 1 fully saturated rings. The van der Waals surface area contributed by atoms with Crippen LogP contribution in [0.15, 0.2) is 29.6 Å². The molecule has 1 unspecified atom stereocenters. The summed E-state index contributed by atoms with van der Waals surface area (Å²) in [6, 6.07) is 7.43. The molecule has 1 saturated heterocycles. The molecule has 1 N–H and O–H groups in total. The number of ether oxygens (including phenoxy) is 2. The molecule has 1 aliphatic rings. The number of hydrogen-bond acceptors (Lipinski definition) is 6. The molecule has 2 aromatic rings. The number of aromatic nitrogens is 1. The van der Waals surface area contributed by atoms with Gasteiger partial charge in [0.05, 0.1) is 25.5 Å². The number of amides is 1. The van der Waals surface area contributed by atoms with Gasteiger partial charge < -0.3 is 14.8 Å². The van der Waals surface area contributed by atoms with E-state index in [0.29, 0.717) is 26.3 Å². The third-order valence-electron chi connectivity index (χ3n) is 4.53. The minimum absolute atomic E-state index is 0.0284. The van der Waals surface area contributed by atoms with Gasteiger partial charge >= 0.3 is 0 Å². The van der Waals surface area contributed by atoms with Crippen LogP contribution in [-0.4, -0.2) is 48.6 Å². The van der Waals surface area contributed by atoms with Gasteiger partial charge in [0, 0.05) is 29.6 Å². The zero-order valence-corrected chi connectivity index (χ0v) is 17.8. The molecular weight excluding hydrogens is 374 g/mol. The maximum absolute atomic E-state index is 12.4. The van der Waals surface area contributed by atoms with Crippen LogP contribution in [0, 0.1) is 0 Å². The van der Waals surface area contributed by atoms with Crippen molar-refractivity contribution < 1.29 is 14.3 Å². The van der Waals surface area contributed by atoms with Gasteiger partial charge in [-0.3, -0.25) is 9.69 Å². The van der Waals surface area contributed by atoms with Crippen molar-refractivity contribution in [3.63, 3.8) is 0 Å². The van der Waals surface area contributed by atoms with Gasteiger partial charge in [0.15, 0.2) is 0 Å². The predicted octanol–water partition coefficient (Wildman–Crippen LogP) is 3.85. The Morgan fingerprint density at radius 3 is 2.75 bits per heavy atom. The van der Waals surface area contributed by atoms with Crippen LogP contribution in [0.1, 0.15) is 44.5 Å². The maximum Gasteiger partial charge on any atom is 0.238 e. The molecule has 1 aromatic carbocycles. The highest BCUT2D eigenvalue weighted by molar-refractivity contribution is 7.09. The van der Waals surface area contributed by atoms with Crippen molar-refractivity contribution in [2.45, 2.75) is 39.2 Å². The molecular formula is C21H29N3O3S. The van der Waals surface area contributed by atoms with Crippen LogP contribution in [-0.2, 0) is 14.9 Å². The van der Waals surface area contributed by atoms with Crippen LogP contribution < -0.4 is 10.1 Å². The lowest BCUT2D eigenvalue weighted by Gasteiger charge is -2.31. The zero-order chi connectivity index (χ0) is 20.1. The Balaban J connectivity index is 1.54. The minimum atomic E-state index is -0.0758. The molecule has 0 radical (unpaired) electrons. The monoisotopic (exact) mass is 403 g/mol. The Morgan fingerprint density at radius 2 is 2.11 bits per heavy atom. The third-order valence-corrected chi connectivity index (χ3v) is 5.47. The van der Waals surface area contributed by atoms with E-state index in [1.807, 2.05) is 31.2 Å². The second-order valence-electron chi connectivity index (χ2n) is 7.92. The third kappa shape index (κ3) is 5.53. The Kier molecular flexibility index (Phi) is 6.69. The van der Waals surface area contributed by atoms with Gasteiger partial charge in [-0.05, 0) is 31.2 Å². The van der Waals surface area contributed by atoms with Crippen molar-refractivity contribution in [3.05, 3.63) is 40.3 Å². The van der Waals surface area contributed by atoms with E-state index in [-0.39, 0.29) is 17.4 Å². The van der Waals surface area contributed by atoms with Crippen LogP contribution >= 0.6 is 11.3 Å². The van der Waals surface area contributed by atoms with Crippen LogP contribution in [0.4, 0.5) is 5.69 Å². The standard InChI is InChI=1S/C21H29N3O3S/c1-5-26-16-8-6-15(7-9-16)22-19(25)13-24-10-11-27-17(12-24)20-23-18(14-28-20)21(2,3)4/h6-9,14,17H,5,10-13H2,1-4H3,(H,22,25). The fraction of sp³-hybridized carbons (Fsp3) is 0.524. The largest absolute Gasteiger partial charge is 0.494 e. The average molecular weight is 404 g/mol. The highest BCUT2D eigenvalue weighted by Crippen LogP contribution is 2.30. The summed E-state index contributed by atoms with van der Waals surface area (Å²) in [5, 5.41) is 6.04. The zero-order valence-electron chi connectivity index (χ0n) is 17.0. The lowest BCUT2D eigenvalue weighted by atomic mass is 9.93. The predicted molar refractivity (Wildman–Crippen MR) is 112 cm³/mol. The second-order valence-corrected chi connectivity index (χ2v) is 8.81. The Bertz CT molecular complexity index is 783. The summed E-state index contributed by atoms with van der Waals surface area (Å²) in [7, 11) is 0. The van der Waals surface area contributed by atoms with Crippen LogP contribution in [0.3, 0.4) is 0 Å². The number of rotatable bonds is 6. The van der Waals surface area contributed by atoms with Crippen LogP contribution in [0.2, 0.25) is 0 Å². The molecule has 0 bridgehead atoms. The number of hydrogen-bond donors (Lipinski definition) is 1. The van der Waals surface area contributed by atoms with Crippen molar-refractivity contribution in [2.75, 3.05) is 38.2 Å². The highest BCUT2D eigenvalue weighted by Gasteiger charge is 2.27. The Hall–Kier alpha value is -1.96. The van der Waals surface area contributed by atoms with Gasteiger partial charge in [0.25, 0.3) is 0 Å². The molecule has 3 rings (SSSR count). The number of thiazole rings is 1. The highest BCUT2D eigenvalue weighted by atomic mass is 32.1. The first-order chi connectivity index (χ1) is 13.3. The fourth-order valence-corrected chi connectivity index (χ4v) is 4.06. The number of anilines is 1. The van der Waals surface area contributed by atoms with Gasteiger partial charge in [-0.25, -0.2) is 4.98 Å². The van der Waals surface area contributed by atoms with E-state index >= 15 is 0 Å². The van der Waals surface area contributed by atoms with Crippen LogP contribution in [0.5, 0.6) is 5.75 Å². The van der Waals surface area contributed by atoms with Crippen molar-refractivity contribution in [1.82, 2.24) is 9.88 Å². The van der Waals surface area contributed by atoms with Crippen molar-refractivity contribution in [1.29, 1.82) is 0 Å². The molecule has 0 spiro atoms. The first-order valence-electron chi connectivity index (χ1n) is 9.67. The first-order valence-corrected chi connectivity index (χ1v) is 10.6. The minimum Gasteiger partial charge on any atom is -0.494 e. The number of benzene rings is 1. The van der Waals surface area contributed by atoms with Gasteiger partial charge in [-0.15, -0.1) is 11.3 Å². The van der Waals surface area contributed by atoms with E-state index in [2.05, 4.69) is 36.4 Å². The second kappa shape index (κ2) is 9.03. The quantitative estimate of drug-likeness (QED) is 0.794. The Labute approximate surface area is 170 Å². The molecule has 28 heavy (non-hydrogen) atoms. The van der Waals surface area contributed by atoms with Gasteiger partial charge in [0.1, 0.15) is 16.9 Å². The Morgan fingerprint density at radius 1 is 1.36 bits per heavy atom. The number of nitrogens with one attached hydrogen (secondary N) is 1. The molecule has 0 aliphatic carbocycles. The number of carbonyl (C=O) groups excluding carboxylic acids is 1. The first kappa shape index (κ1) is 20.8. The average Bonchev–Trinajstić information content (AvgIpc) is 3.14. The summed E-state index contributed by atoms with van der Waals surface area (Å²) in [6.45, 7) is 11.4. The summed E-state index contributed by atoms with van der Waals surface area (Å²) >= 11 is 1.64. The molecule has 2 heterocycles. The number of nitrogens with zero attached hydrogens (tertiary/aromatic N) is 2. The molecule has 1 aliphatic heterocycles. The van der Waals surface area contributed by atoms with Gasteiger partial charge in [-0.1, -0.05) is 20.8 Å². The van der Waals surface area contributed by atoms with E-state index in [1.165, 1.54) is 0 Å². The maximum atomic E-state index is 12.4. The number of morpholine rings is 1. The molecule has 7 heteroatoms. The smallest absolute Gasteiger partial charge is 0.238 e. The summed E-state index contributed by atoms with van der Waals surface area (Å²) in [6.07, 6.45) is -0.0758. The van der Waals surface area contributed by atoms with Gasteiger partial charge in [-0.2, -0.15) is 0 Å². The lowest BCUT2D eigenvalue weighted by molar-refractivity contribution is -0.119. The SMILES string of the molecule is CCOc1ccc(NC(=O)CN2CCOC(c3nc(C(C)(C)C)cs3)C2)cc1. The molecule has 0 saturated carbocycles. The van der Waals surface area contributed by atoms with E-state index in [9.17, 15) is 4.79 Å². The lowest BCUT2D eigenvalue weighted by Crippen LogP contribution is -2.42. The molecule has 1 aromatic heterocycles. The van der Waals surface area contributed by atoms with Crippen molar-refractivity contribution in [3.8, 4) is 5.75 Å². The van der Waals surface area contributed by atoms with E-state index in [1.54, 1.807) is 11.3 Å². The van der Waals surface area contributed by atoms with Crippen molar-refractivity contribution >= 4 is 22.9 Å². The fourth-order valence-electron chi connectivity index (χ4n) is 2.98.